The third kappa shape index (κ3) is 7.90. The van der Waals surface area contributed by atoms with Gasteiger partial charge in [0.1, 0.15) is 11.5 Å². The first kappa shape index (κ1) is 26.4. The minimum atomic E-state index is -0.456. The molecule has 0 radical (unpaired) electrons. The van der Waals surface area contributed by atoms with Gasteiger partial charge in [0.2, 0.25) is 5.88 Å². The fourth-order valence-corrected chi connectivity index (χ4v) is 3.48. The van der Waals surface area contributed by atoms with Crippen molar-refractivity contribution in [2.45, 2.75) is 20.3 Å². The summed E-state index contributed by atoms with van der Waals surface area (Å²) in [4.78, 5) is 29.0. The van der Waals surface area contributed by atoms with Gasteiger partial charge in [-0.3, -0.25) is 4.79 Å². The highest BCUT2D eigenvalue weighted by atomic mass is 16.5. The van der Waals surface area contributed by atoms with Crippen LogP contribution in [0.15, 0.2) is 97.2 Å². The predicted molar refractivity (Wildman–Crippen MR) is 147 cm³/mol. The number of hydrogen-bond acceptors (Lipinski definition) is 6. The number of hydrogen-bond donors (Lipinski definition) is 0. The van der Waals surface area contributed by atoms with E-state index in [1.54, 1.807) is 48.6 Å². The van der Waals surface area contributed by atoms with Crippen LogP contribution in [0.25, 0.3) is 6.08 Å². The molecule has 0 unspecified atom stereocenters. The molecule has 4 rings (SSSR count). The summed E-state index contributed by atoms with van der Waals surface area (Å²) in [6, 6.07) is 25.6. The maximum absolute atomic E-state index is 12.4. The van der Waals surface area contributed by atoms with Crippen LogP contribution < -0.4 is 9.47 Å². The Morgan fingerprint density at radius 3 is 2.13 bits per heavy atom. The van der Waals surface area contributed by atoms with Crippen LogP contribution in [0.3, 0.4) is 0 Å². The lowest BCUT2D eigenvalue weighted by atomic mass is 10.1. The molecule has 0 aliphatic carbocycles. The normalized spacial score (nSPS) is 10.8. The Balaban J connectivity index is 1.18. The number of aryl methyl sites for hydroxylation is 2. The van der Waals surface area contributed by atoms with E-state index in [0.717, 1.165) is 11.1 Å². The quantitative estimate of drug-likeness (QED) is 0.0941. The highest BCUT2D eigenvalue weighted by Crippen LogP contribution is 2.21. The Kier molecular flexibility index (Phi) is 9.03. The molecule has 0 aliphatic rings. The number of benzene rings is 3. The molecule has 6 nitrogen and oxygen atoms in total. The standard InChI is InChI=1S/C32H29NO5/c1-23-4-8-25(9-5-23)10-17-30(34)26-11-15-28(16-12-26)36-20-3-21-37-32(35)27-18-19-33-31(22-27)38-29-13-6-24(2)7-14-29/h4-19,22H,3,20-21H2,1-2H3/b17-10+. The molecular formula is C32H29NO5. The number of carbonyl (C=O) groups is 2. The second kappa shape index (κ2) is 13.0. The highest BCUT2D eigenvalue weighted by molar-refractivity contribution is 6.06. The predicted octanol–water partition coefficient (Wildman–Crippen LogP) is 7.01. The summed E-state index contributed by atoms with van der Waals surface area (Å²) in [6.07, 6.45) is 5.39. The molecule has 0 aliphatic heterocycles. The average Bonchev–Trinajstić information content (AvgIpc) is 2.94. The molecule has 4 aromatic rings. The van der Waals surface area contributed by atoms with Crippen LogP contribution in [-0.2, 0) is 4.74 Å². The maximum atomic E-state index is 12.4. The number of ether oxygens (including phenoxy) is 3. The maximum Gasteiger partial charge on any atom is 0.338 e. The lowest BCUT2D eigenvalue weighted by Crippen LogP contribution is -2.09. The monoisotopic (exact) mass is 507 g/mol. The molecule has 1 aromatic heterocycles. The van der Waals surface area contributed by atoms with Crippen molar-refractivity contribution in [2.75, 3.05) is 13.2 Å². The number of rotatable bonds is 11. The Morgan fingerprint density at radius 1 is 0.763 bits per heavy atom. The van der Waals surface area contributed by atoms with Crippen molar-refractivity contribution in [3.05, 3.63) is 125 Å². The second-order valence-electron chi connectivity index (χ2n) is 8.77. The van der Waals surface area contributed by atoms with Gasteiger partial charge in [0, 0.05) is 24.2 Å². The van der Waals surface area contributed by atoms with E-state index in [2.05, 4.69) is 4.98 Å². The molecule has 6 heteroatoms. The van der Waals surface area contributed by atoms with Crippen LogP contribution in [0.2, 0.25) is 0 Å². The summed E-state index contributed by atoms with van der Waals surface area (Å²) >= 11 is 0. The van der Waals surface area contributed by atoms with Gasteiger partial charge >= 0.3 is 5.97 Å². The average molecular weight is 508 g/mol. The van der Waals surface area contributed by atoms with Crippen LogP contribution in [0.5, 0.6) is 17.4 Å². The molecule has 38 heavy (non-hydrogen) atoms. The van der Waals surface area contributed by atoms with E-state index in [0.29, 0.717) is 41.5 Å². The minimum absolute atomic E-state index is 0.0763. The van der Waals surface area contributed by atoms with E-state index in [1.807, 2.05) is 62.4 Å². The smallest absolute Gasteiger partial charge is 0.338 e. The molecule has 192 valence electrons. The van der Waals surface area contributed by atoms with Gasteiger partial charge in [-0.2, -0.15) is 0 Å². The van der Waals surface area contributed by atoms with Crippen molar-refractivity contribution in [1.29, 1.82) is 0 Å². The first-order chi connectivity index (χ1) is 18.5. The van der Waals surface area contributed by atoms with Crippen LogP contribution in [0, 0.1) is 13.8 Å². The third-order valence-electron chi connectivity index (χ3n) is 5.65. The van der Waals surface area contributed by atoms with Crippen molar-refractivity contribution < 1.29 is 23.8 Å². The minimum Gasteiger partial charge on any atom is -0.493 e. The number of esters is 1. The Hall–Kier alpha value is -4.71. The Labute approximate surface area is 222 Å². The van der Waals surface area contributed by atoms with Gasteiger partial charge in [0.25, 0.3) is 0 Å². The van der Waals surface area contributed by atoms with E-state index in [9.17, 15) is 9.59 Å². The molecule has 0 fully saturated rings. The highest BCUT2D eigenvalue weighted by Gasteiger charge is 2.10. The Bertz CT molecular complexity index is 1390. The van der Waals surface area contributed by atoms with Gasteiger partial charge in [-0.15, -0.1) is 0 Å². The molecular weight excluding hydrogens is 478 g/mol. The van der Waals surface area contributed by atoms with Crippen molar-refractivity contribution >= 4 is 17.8 Å². The number of allylic oxidation sites excluding steroid dienone is 1. The zero-order valence-corrected chi connectivity index (χ0v) is 21.4. The lowest BCUT2D eigenvalue weighted by molar-refractivity contribution is 0.0485. The van der Waals surface area contributed by atoms with E-state index in [-0.39, 0.29) is 12.4 Å². The molecule has 0 bridgehead atoms. The van der Waals surface area contributed by atoms with Gasteiger partial charge in [0.05, 0.1) is 18.8 Å². The molecule has 0 saturated carbocycles. The van der Waals surface area contributed by atoms with E-state index in [4.69, 9.17) is 14.2 Å². The first-order valence-corrected chi connectivity index (χ1v) is 12.4. The SMILES string of the molecule is Cc1ccc(/C=C/C(=O)c2ccc(OCCCOC(=O)c3ccnc(Oc4ccc(C)cc4)c3)cc2)cc1. The van der Waals surface area contributed by atoms with Gasteiger partial charge in [-0.1, -0.05) is 53.6 Å². The molecule has 0 spiro atoms. The van der Waals surface area contributed by atoms with Gasteiger partial charge in [0.15, 0.2) is 5.78 Å². The zero-order chi connectivity index (χ0) is 26.7. The summed E-state index contributed by atoms with van der Waals surface area (Å²) in [7, 11) is 0. The summed E-state index contributed by atoms with van der Waals surface area (Å²) in [5.74, 6) is 1.07. The summed E-state index contributed by atoms with van der Waals surface area (Å²) in [6.45, 7) is 4.59. The number of nitrogens with zero attached hydrogens (tertiary/aromatic N) is 1. The molecule has 0 N–H and O–H groups in total. The van der Waals surface area contributed by atoms with Crippen molar-refractivity contribution in [3.63, 3.8) is 0 Å². The summed E-state index contributed by atoms with van der Waals surface area (Å²) in [5.41, 5.74) is 4.22. The number of carbonyl (C=O) groups excluding carboxylic acids is 2. The van der Waals surface area contributed by atoms with E-state index in [1.165, 1.54) is 11.8 Å². The zero-order valence-electron chi connectivity index (χ0n) is 21.4. The lowest BCUT2D eigenvalue weighted by Gasteiger charge is -2.09. The largest absolute Gasteiger partial charge is 0.493 e. The fourth-order valence-electron chi connectivity index (χ4n) is 3.48. The van der Waals surface area contributed by atoms with Crippen molar-refractivity contribution in [3.8, 4) is 17.4 Å². The van der Waals surface area contributed by atoms with Crippen LogP contribution in [0.4, 0.5) is 0 Å². The van der Waals surface area contributed by atoms with Crippen LogP contribution >= 0.6 is 0 Å². The number of pyridine rings is 1. The number of ketones is 1. The number of aromatic nitrogens is 1. The molecule has 0 atom stereocenters. The third-order valence-corrected chi connectivity index (χ3v) is 5.65. The van der Waals surface area contributed by atoms with E-state index >= 15 is 0 Å². The fraction of sp³-hybridized carbons (Fsp3) is 0.156. The topological polar surface area (TPSA) is 74.7 Å². The molecule has 0 amide bonds. The first-order valence-electron chi connectivity index (χ1n) is 12.4. The Morgan fingerprint density at radius 2 is 1.42 bits per heavy atom. The summed E-state index contributed by atoms with van der Waals surface area (Å²) < 4.78 is 16.8. The van der Waals surface area contributed by atoms with Crippen LogP contribution in [-0.4, -0.2) is 30.0 Å². The van der Waals surface area contributed by atoms with Gasteiger partial charge < -0.3 is 14.2 Å². The van der Waals surface area contributed by atoms with Crippen molar-refractivity contribution in [2.24, 2.45) is 0 Å². The summed E-state index contributed by atoms with van der Waals surface area (Å²) in [5, 5.41) is 0. The van der Waals surface area contributed by atoms with Crippen LogP contribution in [0.1, 0.15) is 43.8 Å². The molecule has 1 heterocycles. The van der Waals surface area contributed by atoms with Gasteiger partial charge in [-0.25, -0.2) is 9.78 Å². The van der Waals surface area contributed by atoms with Gasteiger partial charge in [-0.05, 0) is 68.0 Å². The molecule has 3 aromatic carbocycles. The van der Waals surface area contributed by atoms with Crippen molar-refractivity contribution in [1.82, 2.24) is 4.98 Å². The molecule has 0 saturated heterocycles. The van der Waals surface area contributed by atoms with E-state index < -0.39 is 5.97 Å². The second-order valence-corrected chi connectivity index (χ2v) is 8.77.